The number of hydrogen-bond donors (Lipinski definition) is 0. The van der Waals surface area contributed by atoms with Crippen LogP contribution in [0.5, 0.6) is 11.5 Å². The number of rotatable bonds is 2. The molecule has 4 heteroatoms. The van der Waals surface area contributed by atoms with E-state index in [0.717, 1.165) is 12.0 Å². The van der Waals surface area contributed by atoms with Crippen molar-refractivity contribution in [3.05, 3.63) is 23.8 Å². The van der Waals surface area contributed by atoms with Gasteiger partial charge in [-0.05, 0) is 11.6 Å². The number of ether oxygens (including phenoxy) is 2. The predicted molar refractivity (Wildman–Crippen MR) is 42.3 cm³/mol. The lowest BCUT2D eigenvalue weighted by molar-refractivity contribution is -0.0499. The molecule has 0 aromatic heterocycles. The standard InChI is InChI=1S/C9H8F2O2/c10-9(11)13-7-2-1-6-3-4-12-8(6)5-7/h1-2,5,9H,3-4H2. The first-order valence-corrected chi connectivity index (χ1v) is 3.96. The van der Waals surface area contributed by atoms with E-state index in [-0.39, 0.29) is 5.75 Å². The van der Waals surface area contributed by atoms with Gasteiger partial charge in [0.15, 0.2) is 0 Å². The number of hydrogen-bond acceptors (Lipinski definition) is 2. The van der Waals surface area contributed by atoms with Gasteiger partial charge in [-0.1, -0.05) is 6.07 Å². The van der Waals surface area contributed by atoms with Gasteiger partial charge in [0, 0.05) is 12.5 Å². The van der Waals surface area contributed by atoms with E-state index in [1.165, 1.54) is 12.1 Å². The highest BCUT2D eigenvalue weighted by Crippen LogP contribution is 2.29. The van der Waals surface area contributed by atoms with Gasteiger partial charge in [0.05, 0.1) is 6.61 Å². The molecule has 2 rings (SSSR count). The fourth-order valence-electron chi connectivity index (χ4n) is 1.32. The molecule has 0 N–H and O–H groups in total. The van der Waals surface area contributed by atoms with Crippen LogP contribution in [0.1, 0.15) is 5.56 Å². The van der Waals surface area contributed by atoms with Crippen molar-refractivity contribution < 1.29 is 18.3 Å². The zero-order valence-corrected chi connectivity index (χ0v) is 6.80. The third-order valence-corrected chi connectivity index (χ3v) is 1.89. The Morgan fingerprint density at radius 2 is 2.23 bits per heavy atom. The van der Waals surface area contributed by atoms with Crippen molar-refractivity contribution in [2.75, 3.05) is 6.61 Å². The van der Waals surface area contributed by atoms with Crippen LogP contribution in [0.25, 0.3) is 0 Å². The summed E-state index contributed by atoms with van der Waals surface area (Å²) in [5, 5.41) is 0. The average molecular weight is 186 g/mol. The largest absolute Gasteiger partial charge is 0.493 e. The molecule has 0 saturated heterocycles. The number of benzene rings is 1. The minimum Gasteiger partial charge on any atom is -0.493 e. The lowest BCUT2D eigenvalue weighted by Crippen LogP contribution is -2.01. The zero-order chi connectivity index (χ0) is 9.26. The second kappa shape index (κ2) is 3.20. The first-order valence-electron chi connectivity index (χ1n) is 3.96. The molecule has 0 bridgehead atoms. The summed E-state index contributed by atoms with van der Waals surface area (Å²) in [6.45, 7) is -2.16. The van der Waals surface area contributed by atoms with Crippen molar-refractivity contribution in [3.8, 4) is 11.5 Å². The number of halogens is 2. The number of alkyl halides is 2. The lowest BCUT2D eigenvalue weighted by atomic mass is 10.2. The van der Waals surface area contributed by atoms with E-state index in [0.29, 0.717) is 12.4 Å². The lowest BCUT2D eigenvalue weighted by Gasteiger charge is -2.05. The molecule has 2 nitrogen and oxygen atoms in total. The van der Waals surface area contributed by atoms with E-state index in [4.69, 9.17) is 4.74 Å². The van der Waals surface area contributed by atoms with Gasteiger partial charge >= 0.3 is 6.61 Å². The smallest absolute Gasteiger partial charge is 0.387 e. The molecule has 1 aliphatic rings. The van der Waals surface area contributed by atoms with Crippen LogP contribution < -0.4 is 9.47 Å². The molecule has 0 aliphatic carbocycles. The Morgan fingerprint density at radius 3 is 3.00 bits per heavy atom. The first kappa shape index (κ1) is 8.29. The Morgan fingerprint density at radius 1 is 1.38 bits per heavy atom. The molecule has 1 aromatic rings. The molecule has 70 valence electrons. The fourth-order valence-corrected chi connectivity index (χ4v) is 1.32. The quantitative estimate of drug-likeness (QED) is 0.705. The highest BCUT2D eigenvalue weighted by Gasteiger charge is 2.13. The van der Waals surface area contributed by atoms with Crippen molar-refractivity contribution in [1.29, 1.82) is 0 Å². The second-order valence-electron chi connectivity index (χ2n) is 2.75. The van der Waals surface area contributed by atoms with Crippen molar-refractivity contribution in [2.24, 2.45) is 0 Å². The topological polar surface area (TPSA) is 18.5 Å². The summed E-state index contributed by atoms with van der Waals surface area (Å²) >= 11 is 0. The van der Waals surface area contributed by atoms with Gasteiger partial charge in [-0.15, -0.1) is 0 Å². The molecule has 0 amide bonds. The van der Waals surface area contributed by atoms with Crippen LogP contribution in [-0.2, 0) is 6.42 Å². The molecule has 1 aromatic carbocycles. The van der Waals surface area contributed by atoms with Crippen LogP contribution in [-0.4, -0.2) is 13.2 Å². The van der Waals surface area contributed by atoms with Crippen LogP contribution in [0.15, 0.2) is 18.2 Å². The van der Waals surface area contributed by atoms with Gasteiger partial charge in [-0.25, -0.2) is 0 Å². The van der Waals surface area contributed by atoms with Crippen molar-refractivity contribution >= 4 is 0 Å². The molecule has 13 heavy (non-hydrogen) atoms. The molecule has 0 spiro atoms. The normalized spacial score (nSPS) is 14.1. The van der Waals surface area contributed by atoms with Crippen LogP contribution in [0, 0.1) is 0 Å². The third-order valence-electron chi connectivity index (χ3n) is 1.89. The van der Waals surface area contributed by atoms with E-state index in [1.807, 2.05) is 0 Å². The van der Waals surface area contributed by atoms with Crippen LogP contribution in [0.2, 0.25) is 0 Å². The monoisotopic (exact) mass is 186 g/mol. The summed E-state index contributed by atoms with van der Waals surface area (Å²) in [5.41, 5.74) is 1.04. The van der Waals surface area contributed by atoms with Crippen molar-refractivity contribution in [2.45, 2.75) is 13.0 Å². The Hall–Kier alpha value is -1.32. The molecule has 0 radical (unpaired) electrons. The maximum absolute atomic E-state index is 11.8. The Labute approximate surface area is 74.1 Å². The molecule has 1 heterocycles. The molecule has 0 unspecified atom stereocenters. The first-order chi connectivity index (χ1) is 6.25. The SMILES string of the molecule is FC(F)Oc1ccc2c(c1)OCC2. The Balaban J connectivity index is 2.21. The summed E-state index contributed by atoms with van der Waals surface area (Å²) in [7, 11) is 0. The highest BCUT2D eigenvalue weighted by molar-refractivity contribution is 5.42. The number of fused-ring (bicyclic) bond motifs is 1. The average Bonchev–Trinajstić information content (AvgIpc) is 2.49. The molecule has 0 atom stereocenters. The summed E-state index contributed by atoms with van der Waals surface area (Å²) in [5.74, 6) is 0.800. The molecular weight excluding hydrogens is 178 g/mol. The van der Waals surface area contributed by atoms with E-state index in [1.54, 1.807) is 6.07 Å². The van der Waals surface area contributed by atoms with E-state index < -0.39 is 6.61 Å². The molecule has 0 saturated carbocycles. The summed E-state index contributed by atoms with van der Waals surface area (Å²) in [6.07, 6.45) is 0.838. The minimum atomic E-state index is -2.78. The van der Waals surface area contributed by atoms with Gasteiger partial charge in [-0.2, -0.15) is 8.78 Å². The fraction of sp³-hybridized carbons (Fsp3) is 0.333. The molecular formula is C9H8F2O2. The van der Waals surface area contributed by atoms with E-state index in [2.05, 4.69) is 4.74 Å². The van der Waals surface area contributed by atoms with E-state index in [9.17, 15) is 8.78 Å². The zero-order valence-electron chi connectivity index (χ0n) is 6.80. The van der Waals surface area contributed by atoms with Gasteiger partial charge < -0.3 is 9.47 Å². The molecule has 1 aliphatic heterocycles. The van der Waals surface area contributed by atoms with Crippen LogP contribution in [0.3, 0.4) is 0 Å². The Bertz CT molecular complexity index is 312. The van der Waals surface area contributed by atoms with Gasteiger partial charge in [0.2, 0.25) is 0 Å². The minimum absolute atomic E-state index is 0.149. The summed E-state index contributed by atoms with van der Waals surface area (Å²) < 4.78 is 33.0. The Kier molecular flexibility index (Phi) is 2.04. The summed E-state index contributed by atoms with van der Waals surface area (Å²) in [4.78, 5) is 0. The van der Waals surface area contributed by atoms with Gasteiger partial charge in [-0.3, -0.25) is 0 Å². The summed E-state index contributed by atoms with van der Waals surface area (Å²) in [6, 6.07) is 4.77. The van der Waals surface area contributed by atoms with Crippen molar-refractivity contribution in [1.82, 2.24) is 0 Å². The van der Waals surface area contributed by atoms with Gasteiger partial charge in [0.1, 0.15) is 11.5 Å². The maximum atomic E-state index is 11.8. The molecule has 0 fully saturated rings. The predicted octanol–water partition coefficient (Wildman–Crippen LogP) is 2.22. The highest BCUT2D eigenvalue weighted by atomic mass is 19.3. The van der Waals surface area contributed by atoms with Crippen LogP contribution in [0.4, 0.5) is 8.78 Å². The second-order valence-corrected chi connectivity index (χ2v) is 2.75. The van der Waals surface area contributed by atoms with Crippen molar-refractivity contribution in [3.63, 3.8) is 0 Å². The van der Waals surface area contributed by atoms with Gasteiger partial charge in [0.25, 0.3) is 0 Å². The van der Waals surface area contributed by atoms with E-state index >= 15 is 0 Å². The third kappa shape index (κ3) is 1.71. The van der Waals surface area contributed by atoms with Crippen LogP contribution >= 0.6 is 0 Å². The maximum Gasteiger partial charge on any atom is 0.387 e.